The lowest BCUT2D eigenvalue weighted by Gasteiger charge is -2.26. The van der Waals surface area contributed by atoms with E-state index in [1.165, 1.54) is 7.11 Å². The molecule has 31 heavy (non-hydrogen) atoms. The molecule has 1 aliphatic rings. The first kappa shape index (κ1) is 21.5. The molecule has 0 amide bonds. The van der Waals surface area contributed by atoms with Gasteiger partial charge in [-0.15, -0.1) is 0 Å². The van der Waals surface area contributed by atoms with E-state index in [9.17, 15) is 8.42 Å². The molecular weight excluding hydrogens is 418 g/mol. The van der Waals surface area contributed by atoms with Crippen LogP contribution in [-0.4, -0.2) is 59.8 Å². The number of morpholine rings is 1. The van der Waals surface area contributed by atoms with Gasteiger partial charge in [0.1, 0.15) is 10.6 Å². The second kappa shape index (κ2) is 9.17. The largest absolute Gasteiger partial charge is 0.495 e. The maximum atomic E-state index is 13.1. The Bertz CT molecular complexity index is 1150. The molecule has 0 aliphatic carbocycles. The Labute approximate surface area is 182 Å². The molecule has 2 N–H and O–H groups in total. The van der Waals surface area contributed by atoms with Crippen LogP contribution in [0.2, 0.25) is 0 Å². The van der Waals surface area contributed by atoms with Crippen molar-refractivity contribution in [3.63, 3.8) is 0 Å². The molecule has 1 aromatic heterocycles. The summed E-state index contributed by atoms with van der Waals surface area (Å²) in [7, 11) is -2.38. The fraction of sp³-hybridized carbons (Fsp3) is 0.364. The van der Waals surface area contributed by atoms with Gasteiger partial charge in [-0.05, 0) is 42.8 Å². The first-order chi connectivity index (χ1) is 15.0. The van der Waals surface area contributed by atoms with Crippen LogP contribution in [0.25, 0.3) is 11.0 Å². The molecule has 1 aliphatic heterocycles. The summed E-state index contributed by atoms with van der Waals surface area (Å²) in [5.41, 5.74) is 2.71. The molecular formula is C22H27N3O5S. The van der Waals surface area contributed by atoms with Gasteiger partial charge in [-0.2, -0.15) is 0 Å². The number of hydrogen-bond acceptors (Lipinski definition) is 7. The molecule has 0 atom stereocenters. The average Bonchev–Trinajstić information content (AvgIpc) is 3.23. The van der Waals surface area contributed by atoms with Gasteiger partial charge in [0.25, 0.3) is 10.0 Å². The van der Waals surface area contributed by atoms with Crippen molar-refractivity contribution in [2.75, 3.05) is 56.5 Å². The molecule has 2 heterocycles. The summed E-state index contributed by atoms with van der Waals surface area (Å²) in [5.74, 6) is 0.298. The highest BCUT2D eigenvalue weighted by molar-refractivity contribution is 7.92. The van der Waals surface area contributed by atoms with E-state index in [1.54, 1.807) is 30.5 Å². The highest BCUT2D eigenvalue weighted by Gasteiger charge is 2.21. The van der Waals surface area contributed by atoms with Crippen molar-refractivity contribution in [1.82, 2.24) is 4.90 Å². The molecule has 8 nitrogen and oxygen atoms in total. The van der Waals surface area contributed by atoms with Crippen molar-refractivity contribution in [2.24, 2.45) is 0 Å². The summed E-state index contributed by atoms with van der Waals surface area (Å²) >= 11 is 0. The van der Waals surface area contributed by atoms with E-state index < -0.39 is 10.0 Å². The normalized spacial score (nSPS) is 15.2. The fourth-order valence-corrected chi connectivity index (χ4v) is 4.95. The number of methoxy groups -OCH3 is 1. The van der Waals surface area contributed by atoms with Crippen molar-refractivity contribution >= 4 is 32.4 Å². The molecule has 1 fully saturated rings. The zero-order valence-electron chi connectivity index (χ0n) is 17.7. The van der Waals surface area contributed by atoms with Crippen LogP contribution in [0, 0.1) is 6.92 Å². The molecule has 3 aromatic rings. The second-order valence-electron chi connectivity index (χ2n) is 7.50. The summed E-state index contributed by atoms with van der Waals surface area (Å²) in [4.78, 5) is 2.43. The van der Waals surface area contributed by atoms with Gasteiger partial charge < -0.3 is 19.2 Å². The van der Waals surface area contributed by atoms with E-state index >= 15 is 0 Å². The van der Waals surface area contributed by atoms with Gasteiger partial charge in [-0.25, -0.2) is 8.42 Å². The number of ether oxygens (including phenoxy) is 2. The van der Waals surface area contributed by atoms with Gasteiger partial charge in [-0.1, -0.05) is 6.07 Å². The summed E-state index contributed by atoms with van der Waals surface area (Å²) in [6.45, 7) is 6.74. The van der Waals surface area contributed by atoms with Crippen molar-refractivity contribution in [1.29, 1.82) is 0 Å². The summed E-state index contributed by atoms with van der Waals surface area (Å²) in [6, 6.07) is 10.4. The van der Waals surface area contributed by atoms with Gasteiger partial charge in [0.2, 0.25) is 0 Å². The minimum absolute atomic E-state index is 0.101. The first-order valence-electron chi connectivity index (χ1n) is 10.2. The maximum Gasteiger partial charge on any atom is 0.265 e. The number of rotatable bonds is 8. The first-order valence-corrected chi connectivity index (χ1v) is 11.7. The van der Waals surface area contributed by atoms with E-state index in [0.717, 1.165) is 49.5 Å². The Morgan fingerprint density at radius 3 is 2.71 bits per heavy atom. The predicted molar refractivity (Wildman–Crippen MR) is 121 cm³/mol. The maximum absolute atomic E-state index is 13.1. The van der Waals surface area contributed by atoms with Crippen LogP contribution < -0.4 is 14.8 Å². The van der Waals surface area contributed by atoms with Crippen LogP contribution in [0.3, 0.4) is 0 Å². The lowest BCUT2D eigenvalue weighted by molar-refractivity contribution is 0.0398. The van der Waals surface area contributed by atoms with Crippen molar-refractivity contribution in [3.05, 3.63) is 48.2 Å². The Morgan fingerprint density at radius 1 is 1.13 bits per heavy atom. The van der Waals surface area contributed by atoms with E-state index in [1.807, 2.05) is 19.1 Å². The Morgan fingerprint density at radius 2 is 1.94 bits per heavy atom. The topological polar surface area (TPSA) is 93.0 Å². The standard InChI is InChI=1S/C22H27N3O5S/c1-16-3-4-20(28-2)21(13-16)31(26,27)24-18-14-17-5-10-30-22(17)19(15-18)23-6-7-25-8-11-29-12-9-25/h3-5,10,13-15,23-24H,6-9,11-12H2,1-2H3. The van der Waals surface area contributed by atoms with Crippen LogP contribution in [0.15, 0.2) is 52.0 Å². The van der Waals surface area contributed by atoms with E-state index in [-0.39, 0.29) is 4.90 Å². The number of aryl methyl sites for hydroxylation is 1. The number of nitrogens with one attached hydrogen (secondary N) is 2. The van der Waals surface area contributed by atoms with Crippen molar-refractivity contribution < 1.29 is 22.3 Å². The average molecular weight is 446 g/mol. The highest BCUT2D eigenvalue weighted by Crippen LogP contribution is 2.32. The lowest BCUT2D eigenvalue weighted by atomic mass is 10.2. The van der Waals surface area contributed by atoms with E-state index in [0.29, 0.717) is 23.6 Å². The molecule has 0 saturated carbocycles. The number of hydrogen-bond donors (Lipinski definition) is 2. The Kier molecular flexibility index (Phi) is 6.35. The quantitative estimate of drug-likeness (QED) is 0.550. The monoisotopic (exact) mass is 445 g/mol. The SMILES string of the molecule is COc1ccc(C)cc1S(=O)(=O)Nc1cc(NCCN2CCOCC2)c2occc2c1. The van der Waals surface area contributed by atoms with Gasteiger partial charge in [0.05, 0.1) is 38.0 Å². The second-order valence-corrected chi connectivity index (χ2v) is 9.15. The molecule has 9 heteroatoms. The third kappa shape index (κ3) is 4.95. The van der Waals surface area contributed by atoms with Crippen molar-refractivity contribution in [2.45, 2.75) is 11.8 Å². The highest BCUT2D eigenvalue weighted by atomic mass is 32.2. The lowest BCUT2D eigenvalue weighted by Crippen LogP contribution is -2.39. The number of sulfonamides is 1. The van der Waals surface area contributed by atoms with Gasteiger partial charge in [-0.3, -0.25) is 9.62 Å². The van der Waals surface area contributed by atoms with Gasteiger partial charge in [0, 0.05) is 31.6 Å². The Hall–Kier alpha value is -2.75. The van der Waals surface area contributed by atoms with Crippen LogP contribution >= 0.6 is 0 Å². The summed E-state index contributed by atoms with van der Waals surface area (Å²) in [5, 5.41) is 4.19. The van der Waals surface area contributed by atoms with Crippen molar-refractivity contribution in [3.8, 4) is 5.75 Å². The third-order valence-electron chi connectivity index (χ3n) is 5.26. The molecule has 166 valence electrons. The van der Waals surface area contributed by atoms with E-state index in [2.05, 4.69) is 14.9 Å². The van der Waals surface area contributed by atoms with E-state index in [4.69, 9.17) is 13.9 Å². The predicted octanol–water partition coefficient (Wildman–Crippen LogP) is 3.29. The molecule has 1 saturated heterocycles. The van der Waals surface area contributed by atoms with Crippen LogP contribution in [-0.2, 0) is 14.8 Å². The summed E-state index contributed by atoms with van der Waals surface area (Å²) < 4.78 is 45.1. The van der Waals surface area contributed by atoms with Crippen LogP contribution in [0.4, 0.5) is 11.4 Å². The van der Waals surface area contributed by atoms with Crippen LogP contribution in [0.1, 0.15) is 5.56 Å². The van der Waals surface area contributed by atoms with Gasteiger partial charge in [0.15, 0.2) is 5.58 Å². The molecule has 0 unspecified atom stereocenters. The number of anilines is 2. The molecule has 2 aromatic carbocycles. The zero-order chi connectivity index (χ0) is 21.8. The number of benzene rings is 2. The minimum atomic E-state index is -3.84. The molecule has 4 rings (SSSR count). The number of fused-ring (bicyclic) bond motifs is 1. The molecule has 0 radical (unpaired) electrons. The minimum Gasteiger partial charge on any atom is -0.495 e. The van der Waals surface area contributed by atoms with Crippen LogP contribution in [0.5, 0.6) is 5.75 Å². The number of furan rings is 1. The van der Waals surface area contributed by atoms with Gasteiger partial charge >= 0.3 is 0 Å². The number of nitrogens with zero attached hydrogens (tertiary/aromatic N) is 1. The fourth-order valence-electron chi connectivity index (χ4n) is 3.65. The Balaban J connectivity index is 1.56. The zero-order valence-corrected chi connectivity index (χ0v) is 18.5. The molecule has 0 spiro atoms. The smallest absolute Gasteiger partial charge is 0.265 e. The molecule has 0 bridgehead atoms. The third-order valence-corrected chi connectivity index (χ3v) is 6.66. The summed E-state index contributed by atoms with van der Waals surface area (Å²) in [6.07, 6.45) is 1.60.